The zero-order valence-corrected chi connectivity index (χ0v) is 10.2. The molecule has 0 bridgehead atoms. The predicted molar refractivity (Wildman–Crippen MR) is 68.1 cm³/mol. The summed E-state index contributed by atoms with van der Waals surface area (Å²) < 4.78 is 5.52. The summed E-state index contributed by atoms with van der Waals surface area (Å²) in [6, 6.07) is 7.83. The third-order valence-corrected chi connectivity index (χ3v) is 2.60. The summed E-state index contributed by atoms with van der Waals surface area (Å²) in [6.45, 7) is 1.45. The van der Waals surface area contributed by atoms with E-state index in [2.05, 4.69) is 4.98 Å². The van der Waals surface area contributed by atoms with Crippen LogP contribution in [0, 0.1) is 17.0 Å². The van der Waals surface area contributed by atoms with Crippen LogP contribution in [0.3, 0.4) is 0 Å². The molecule has 0 fully saturated rings. The van der Waals surface area contributed by atoms with Gasteiger partial charge in [0.2, 0.25) is 5.88 Å². The molecular formula is C13H12N2O4. The van der Waals surface area contributed by atoms with Crippen molar-refractivity contribution >= 4 is 5.69 Å². The van der Waals surface area contributed by atoms with Gasteiger partial charge in [0.1, 0.15) is 5.75 Å². The number of benzene rings is 1. The minimum Gasteiger partial charge on any atom is -0.439 e. The number of aromatic nitrogens is 1. The number of aliphatic hydroxyl groups excluding tert-OH is 1. The Bertz CT molecular complexity index is 613. The molecule has 0 aliphatic carbocycles. The second-order valence-corrected chi connectivity index (χ2v) is 3.93. The van der Waals surface area contributed by atoms with Crippen molar-refractivity contribution in [2.24, 2.45) is 0 Å². The van der Waals surface area contributed by atoms with Crippen molar-refractivity contribution in [2.45, 2.75) is 13.5 Å². The van der Waals surface area contributed by atoms with E-state index < -0.39 is 4.92 Å². The van der Waals surface area contributed by atoms with Gasteiger partial charge in [-0.2, -0.15) is 0 Å². The van der Waals surface area contributed by atoms with Gasteiger partial charge in [0.15, 0.2) is 0 Å². The Morgan fingerprint density at radius 2 is 2.21 bits per heavy atom. The highest BCUT2D eigenvalue weighted by atomic mass is 16.6. The highest BCUT2D eigenvalue weighted by molar-refractivity contribution is 5.45. The first kappa shape index (κ1) is 13.0. The summed E-state index contributed by atoms with van der Waals surface area (Å²) in [5.41, 5.74) is 1.10. The van der Waals surface area contributed by atoms with Gasteiger partial charge < -0.3 is 9.84 Å². The molecule has 1 aromatic heterocycles. The second-order valence-electron chi connectivity index (χ2n) is 3.93. The summed E-state index contributed by atoms with van der Waals surface area (Å²) in [5, 5.41) is 19.9. The van der Waals surface area contributed by atoms with Crippen LogP contribution in [0.5, 0.6) is 11.6 Å². The highest BCUT2D eigenvalue weighted by Gasteiger charge is 2.12. The van der Waals surface area contributed by atoms with Gasteiger partial charge in [-0.3, -0.25) is 10.1 Å². The molecule has 0 saturated carbocycles. The molecule has 0 saturated heterocycles. The molecule has 19 heavy (non-hydrogen) atoms. The van der Waals surface area contributed by atoms with E-state index in [1.165, 1.54) is 12.1 Å². The van der Waals surface area contributed by atoms with Crippen LogP contribution in [0.2, 0.25) is 0 Å². The molecule has 2 aromatic rings. The standard InChI is InChI=1S/C13H12N2O4/c1-9-7-11(4-5-12(9)15(17)18)19-13-10(8-16)3-2-6-14-13/h2-7,16H,8H2,1H3. The fourth-order valence-electron chi connectivity index (χ4n) is 1.64. The average Bonchev–Trinajstić information content (AvgIpc) is 2.39. The summed E-state index contributed by atoms with van der Waals surface area (Å²) in [7, 11) is 0. The lowest BCUT2D eigenvalue weighted by Gasteiger charge is -2.08. The van der Waals surface area contributed by atoms with E-state index in [0.29, 0.717) is 22.8 Å². The predicted octanol–water partition coefficient (Wildman–Crippen LogP) is 2.58. The number of hydrogen-bond acceptors (Lipinski definition) is 5. The summed E-state index contributed by atoms with van der Waals surface area (Å²) in [5.74, 6) is 0.731. The topological polar surface area (TPSA) is 85.5 Å². The molecule has 98 valence electrons. The Morgan fingerprint density at radius 3 is 2.84 bits per heavy atom. The van der Waals surface area contributed by atoms with Crippen molar-refractivity contribution in [2.75, 3.05) is 0 Å². The second kappa shape index (κ2) is 5.45. The zero-order chi connectivity index (χ0) is 13.8. The number of ether oxygens (including phenoxy) is 1. The molecule has 1 N–H and O–H groups in total. The number of aliphatic hydroxyl groups is 1. The largest absolute Gasteiger partial charge is 0.439 e. The lowest BCUT2D eigenvalue weighted by molar-refractivity contribution is -0.385. The third kappa shape index (κ3) is 2.86. The van der Waals surface area contributed by atoms with Crippen molar-refractivity contribution in [3.63, 3.8) is 0 Å². The van der Waals surface area contributed by atoms with Crippen molar-refractivity contribution < 1.29 is 14.8 Å². The van der Waals surface area contributed by atoms with E-state index in [1.807, 2.05) is 0 Å². The van der Waals surface area contributed by atoms with Crippen LogP contribution in [0.25, 0.3) is 0 Å². The molecule has 0 spiro atoms. The van der Waals surface area contributed by atoms with Gasteiger partial charge >= 0.3 is 0 Å². The summed E-state index contributed by atoms with van der Waals surface area (Å²) in [6.07, 6.45) is 1.55. The first-order chi connectivity index (χ1) is 9.11. The van der Waals surface area contributed by atoms with E-state index in [1.54, 1.807) is 31.3 Å². The van der Waals surface area contributed by atoms with Gasteiger partial charge in [-0.1, -0.05) is 0 Å². The number of nitro groups is 1. The molecule has 1 heterocycles. The molecule has 0 unspecified atom stereocenters. The molecule has 0 atom stereocenters. The molecule has 0 aliphatic rings. The molecule has 6 heteroatoms. The van der Waals surface area contributed by atoms with Crippen molar-refractivity contribution in [3.05, 3.63) is 57.8 Å². The Balaban J connectivity index is 2.29. The van der Waals surface area contributed by atoms with Crippen molar-refractivity contribution in [3.8, 4) is 11.6 Å². The Hall–Kier alpha value is -2.47. The third-order valence-electron chi connectivity index (χ3n) is 2.60. The smallest absolute Gasteiger partial charge is 0.272 e. The Kier molecular flexibility index (Phi) is 3.72. The van der Waals surface area contributed by atoms with Crippen LogP contribution in [-0.4, -0.2) is 15.0 Å². The normalized spacial score (nSPS) is 10.2. The maximum absolute atomic E-state index is 10.7. The molecule has 1 aromatic carbocycles. The summed E-state index contributed by atoms with van der Waals surface area (Å²) >= 11 is 0. The van der Waals surface area contributed by atoms with Crippen LogP contribution in [0.4, 0.5) is 5.69 Å². The maximum Gasteiger partial charge on any atom is 0.272 e. The van der Waals surface area contributed by atoms with Crippen molar-refractivity contribution in [1.29, 1.82) is 0 Å². The van der Waals surface area contributed by atoms with Crippen LogP contribution in [0.1, 0.15) is 11.1 Å². The number of pyridine rings is 1. The van der Waals surface area contributed by atoms with Crippen LogP contribution in [-0.2, 0) is 6.61 Å². The number of rotatable bonds is 4. The van der Waals surface area contributed by atoms with Crippen LogP contribution < -0.4 is 4.74 Å². The Labute approximate surface area is 109 Å². The number of hydrogen-bond donors (Lipinski definition) is 1. The average molecular weight is 260 g/mol. The van der Waals surface area contributed by atoms with E-state index in [4.69, 9.17) is 9.84 Å². The van der Waals surface area contributed by atoms with E-state index in [0.717, 1.165) is 0 Å². The first-order valence-corrected chi connectivity index (χ1v) is 5.59. The molecule has 0 radical (unpaired) electrons. The number of aryl methyl sites for hydroxylation is 1. The minimum absolute atomic E-state index is 0.0377. The van der Waals surface area contributed by atoms with Crippen molar-refractivity contribution in [1.82, 2.24) is 4.98 Å². The Morgan fingerprint density at radius 1 is 1.42 bits per heavy atom. The summed E-state index contributed by atoms with van der Waals surface area (Å²) in [4.78, 5) is 14.3. The molecular weight excluding hydrogens is 248 g/mol. The molecule has 6 nitrogen and oxygen atoms in total. The molecule has 0 amide bonds. The van der Waals surface area contributed by atoms with E-state index in [-0.39, 0.29) is 12.3 Å². The first-order valence-electron chi connectivity index (χ1n) is 5.59. The maximum atomic E-state index is 10.7. The van der Waals surface area contributed by atoms with Gasteiger partial charge in [-0.05, 0) is 31.2 Å². The monoisotopic (exact) mass is 260 g/mol. The lowest BCUT2D eigenvalue weighted by Crippen LogP contribution is -1.96. The quantitative estimate of drug-likeness (QED) is 0.674. The van der Waals surface area contributed by atoms with E-state index in [9.17, 15) is 10.1 Å². The number of nitro benzene ring substituents is 1. The fraction of sp³-hybridized carbons (Fsp3) is 0.154. The minimum atomic E-state index is -0.445. The molecule has 0 aliphatic heterocycles. The van der Waals surface area contributed by atoms with Gasteiger partial charge in [-0.15, -0.1) is 0 Å². The fourth-order valence-corrected chi connectivity index (χ4v) is 1.64. The van der Waals surface area contributed by atoms with Gasteiger partial charge in [-0.25, -0.2) is 4.98 Å². The van der Waals surface area contributed by atoms with Gasteiger partial charge in [0.05, 0.1) is 11.5 Å². The lowest BCUT2D eigenvalue weighted by atomic mass is 10.2. The number of nitrogens with zero attached hydrogens (tertiary/aromatic N) is 2. The highest BCUT2D eigenvalue weighted by Crippen LogP contribution is 2.27. The van der Waals surface area contributed by atoms with E-state index >= 15 is 0 Å². The van der Waals surface area contributed by atoms with Gasteiger partial charge in [0, 0.05) is 23.4 Å². The van der Waals surface area contributed by atoms with Gasteiger partial charge in [0.25, 0.3) is 5.69 Å². The van der Waals surface area contributed by atoms with Crippen LogP contribution in [0.15, 0.2) is 36.5 Å². The SMILES string of the molecule is Cc1cc(Oc2ncccc2CO)ccc1[N+](=O)[O-]. The van der Waals surface area contributed by atoms with Crippen LogP contribution >= 0.6 is 0 Å². The molecule has 2 rings (SSSR count). The zero-order valence-electron chi connectivity index (χ0n) is 10.2.